The summed E-state index contributed by atoms with van der Waals surface area (Å²) in [6.07, 6.45) is -0.709. The van der Waals surface area contributed by atoms with Gasteiger partial charge in [-0.15, -0.1) is 0 Å². The van der Waals surface area contributed by atoms with Crippen LogP contribution in [0.1, 0.15) is 6.92 Å². The van der Waals surface area contributed by atoms with Crippen LogP contribution in [0.3, 0.4) is 0 Å². The fraction of sp³-hybridized carbons (Fsp3) is 0.182. The smallest absolute Gasteiger partial charge is 0.429 e. The lowest BCUT2D eigenvalue weighted by Gasteiger charge is -2.04. The summed E-state index contributed by atoms with van der Waals surface area (Å²) in [6, 6.07) is 8.76. The molecule has 0 fully saturated rings. The van der Waals surface area contributed by atoms with E-state index in [0.717, 1.165) is 5.57 Å². The van der Waals surface area contributed by atoms with Crippen LogP contribution < -0.4 is 4.74 Å². The highest BCUT2D eigenvalue weighted by atomic mass is 16.7. The molecule has 0 heterocycles. The number of para-hydroxylation sites is 1. The average Bonchev–Trinajstić information content (AvgIpc) is 2.16. The molecule has 14 heavy (non-hydrogen) atoms. The van der Waals surface area contributed by atoms with Crippen LogP contribution in [0.5, 0.6) is 5.75 Å². The second-order valence-corrected chi connectivity index (χ2v) is 2.91. The number of carbonyl (C=O) groups excluding carboxylic acids is 1. The minimum absolute atomic E-state index is 0.186. The molecule has 0 radical (unpaired) electrons. The predicted octanol–water partition coefficient (Wildman–Crippen LogP) is 2.78. The van der Waals surface area contributed by atoms with E-state index in [9.17, 15) is 4.79 Å². The molecule has 0 unspecified atom stereocenters. The molecule has 0 aliphatic carbocycles. The zero-order valence-corrected chi connectivity index (χ0v) is 8.03. The Morgan fingerprint density at radius 1 is 1.36 bits per heavy atom. The van der Waals surface area contributed by atoms with Gasteiger partial charge in [0.15, 0.2) is 0 Å². The van der Waals surface area contributed by atoms with Gasteiger partial charge in [0.05, 0.1) is 0 Å². The summed E-state index contributed by atoms with van der Waals surface area (Å²) in [7, 11) is 0. The van der Waals surface area contributed by atoms with E-state index < -0.39 is 6.16 Å². The zero-order valence-electron chi connectivity index (χ0n) is 8.03. The molecular weight excluding hydrogens is 180 g/mol. The highest BCUT2D eigenvalue weighted by Crippen LogP contribution is 2.09. The molecule has 1 aromatic rings. The van der Waals surface area contributed by atoms with E-state index in [1.54, 1.807) is 31.2 Å². The second kappa shape index (κ2) is 5.07. The summed E-state index contributed by atoms with van der Waals surface area (Å²) >= 11 is 0. The maximum atomic E-state index is 11.0. The van der Waals surface area contributed by atoms with Gasteiger partial charge in [-0.2, -0.15) is 0 Å². The minimum Gasteiger partial charge on any atom is -0.429 e. The molecule has 0 aromatic heterocycles. The normalized spacial score (nSPS) is 9.21. The van der Waals surface area contributed by atoms with Gasteiger partial charge in [-0.1, -0.05) is 24.8 Å². The van der Waals surface area contributed by atoms with Crippen LogP contribution in [0.4, 0.5) is 4.79 Å². The van der Waals surface area contributed by atoms with E-state index in [2.05, 4.69) is 6.58 Å². The van der Waals surface area contributed by atoms with Crippen molar-refractivity contribution in [2.45, 2.75) is 6.92 Å². The van der Waals surface area contributed by atoms with E-state index in [4.69, 9.17) is 9.47 Å². The zero-order chi connectivity index (χ0) is 10.4. The third-order valence-corrected chi connectivity index (χ3v) is 1.38. The quantitative estimate of drug-likeness (QED) is 0.419. The Bertz CT molecular complexity index is 317. The molecule has 3 heteroatoms. The number of hydrogen-bond donors (Lipinski definition) is 0. The van der Waals surface area contributed by atoms with Gasteiger partial charge >= 0.3 is 6.16 Å². The first-order valence-corrected chi connectivity index (χ1v) is 4.22. The van der Waals surface area contributed by atoms with Crippen molar-refractivity contribution in [1.29, 1.82) is 0 Å². The third-order valence-electron chi connectivity index (χ3n) is 1.38. The molecule has 74 valence electrons. The van der Waals surface area contributed by atoms with Crippen LogP contribution in [0.15, 0.2) is 42.5 Å². The molecule has 0 aliphatic heterocycles. The van der Waals surface area contributed by atoms with E-state index in [1.165, 1.54) is 0 Å². The maximum Gasteiger partial charge on any atom is 0.514 e. The predicted molar refractivity (Wildman–Crippen MR) is 53.2 cm³/mol. The van der Waals surface area contributed by atoms with Crippen molar-refractivity contribution in [3.05, 3.63) is 42.5 Å². The summed E-state index contributed by atoms with van der Waals surface area (Å²) in [5.41, 5.74) is 0.773. The topological polar surface area (TPSA) is 35.5 Å². The van der Waals surface area contributed by atoms with Crippen LogP contribution in [-0.4, -0.2) is 12.8 Å². The van der Waals surface area contributed by atoms with Crippen molar-refractivity contribution in [3.8, 4) is 5.75 Å². The summed E-state index contributed by atoms with van der Waals surface area (Å²) in [5, 5.41) is 0. The lowest BCUT2D eigenvalue weighted by molar-refractivity contribution is 0.107. The molecule has 0 atom stereocenters. The standard InChI is InChI=1S/C11H12O3/c1-9(2)8-13-11(12)14-10-6-4-3-5-7-10/h3-7H,1,8H2,2H3. The summed E-state index contributed by atoms with van der Waals surface area (Å²) in [6.45, 7) is 5.56. The SMILES string of the molecule is C=C(C)COC(=O)Oc1ccccc1. The summed E-state index contributed by atoms with van der Waals surface area (Å²) in [5.74, 6) is 0.471. The van der Waals surface area contributed by atoms with Gasteiger partial charge < -0.3 is 9.47 Å². The molecule has 0 bridgehead atoms. The van der Waals surface area contributed by atoms with Crippen molar-refractivity contribution in [3.63, 3.8) is 0 Å². The lowest BCUT2D eigenvalue weighted by Crippen LogP contribution is -2.11. The van der Waals surface area contributed by atoms with Gasteiger partial charge in [-0.25, -0.2) is 4.79 Å². The summed E-state index contributed by atoms with van der Waals surface area (Å²) in [4.78, 5) is 11.0. The van der Waals surface area contributed by atoms with E-state index in [0.29, 0.717) is 5.75 Å². The highest BCUT2D eigenvalue weighted by molar-refractivity contribution is 5.63. The van der Waals surface area contributed by atoms with Crippen molar-refractivity contribution >= 4 is 6.16 Å². The van der Waals surface area contributed by atoms with E-state index in [1.807, 2.05) is 6.07 Å². The molecule has 0 aliphatic rings. The van der Waals surface area contributed by atoms with E-state index in [-0.39, 0.29) is 6.61 Å². The monoisotopic (exact) mass is 192 g/mol. The second-order valence-electron chi connectivity index (χ2n) is 2.91. The molecule has 1 rings (SSSR count). The van der Waals surface area contributed by atoms with E-state index >= 15 is 0 Å². The Kier molecular flexibility index (Phi) is 3.73. The van der Waals surface area contributed by atoms with Crippen molar-refractivity contribution in [2.24, 2.45) is 0 Å². The molecule has 0 amide bonds. The van der Waals surface area contributed by atoms with Gasteiger partial charge in [0, 0.05) is 0 Å². The van der Waals surface area contributed by atoms with Crippen LogP contribution in [-0.2, 0) is 4.74 Å². The molecule has 0 spiro atoms. The third kappa shape index (κ3) is 3.76. The average molecular weight is 192 g/mol. The first kappa shape index (κ1) is 10.3. The Balaban J connectivity index is 2.38. The number of ether oxygens (including phenoxy) is 2. The molecule has 0 saturated heterocycles. The Morgan fingerprint density at radius 2 is 2.00 bits per heavy atom. The van der Waals surface area contributed by atoms with Gasteiger partial charge in [0.1, 0.15) is 12.4 Å². The number of hydrogen-bond acceptors (Lipinski definition) is 3. The fourth-order valence-electron chi connectivity index (χ4n) is 0.796. The Labute approximate surface area is 83.0 Å². The van der Waals surface area contributed by atoms with Gasteiger partial charge in [-0.05, 0) is 24.6 Å². The van der Waals surface area contributed by atoms with Crippen molar-refractivity contribution in [1.82, 2.24) is 0 Å². The van der Waals surface area contributed by atoms with Crippen molar-refractivity contribution < 1.29 is 14.3 Å². The number of carbonyl (C=O) groups is 1. The first-order valence-electron chi connectivity index (χ1n) is 4.22. The molecule has 0 saturated carbocycles. The maximum absolute atomic E-state index is 11.0. The minimum atomic E-state index is -0.709. The number of rotatable bonds is 3. The molecule has 1 aromatic carbocycles. The molecule has 0 N–H and O–H groups in total. The molecule has 3 nitrogen and oxygen atoms in total. The largest absolute Gasteiger partial charge is 0.514 e. The van der Waals surface area contributed by atoms with Crippen LogP contribution >= 0.6 is 0 Å². The van der Waals surface area contributed by atoms with Gasteiger partial charge in [0.25, 0.3) is 0 Å². The van der Waals surface area contributed by atoms with Crippen LogP contribution in [0, 0.1) is 0 Å². The first-order chi connectivity index (χ1) is 6.68. The van der Waals surface area contributed by atoms with Gasteiger partial charge in [-0.3, -0.25) is 0 Å². The summed E-state index contributed by atoms with van der Waals surface area (Å²) < 4.78 is 9.61. The molecular formula is C11H12O3. The fourth-order valence-corrected chi connectivity index (χ4v) is 0.796. The van der Waals surface area contributed by atoms with Gasteiger partial charge in [0.2, 0.25) is 0 Å². The number of benzene rings is 1. The Morgan fingerprint density at radius 3 is 2.57 bits per heavy atom. The Hall–Kier alpha value is -1.77. The van der Waals surface area contributed by atoms with Crippen LogP contribution in [0.25, 0.3) is 0 Å². The van der Waals surface area contributed by atoms with Crippen LogP contribution in [0.2, 0.25) is 0 Å². The van der Waals surface area contributed by atoms with Crippen molar-refractivity contribution in [2.75, 3.05) is 6.61 Å². The highest BCUT2D eigenvalue weighted by Gasteiger charge is 2.04. The lowest BCUT2D eigenvalue weighted by atomic mass is 10.3.